The number of rotatable bonds is 2. The molecule has 124 valence electrons. The van der Waals surface area contributed by atoms with Gasteiger partial charge in [0, 0.05) is 31.4 Å². The van der Waals surface area contributed by atoms with Crippen LogP contribution in [0.4, 0.5) is 0 Å². The molecule has 4 aromatic rings. The van der Waals surface area contributed by atoms with E-state index in [1.807, 2.05) is 42.5 Å². The minimum absolute atomic E-state index is 0.349. The van der Waals surface area contributed by atoms with Crippen LogP contribution < -0.4 is 11.2 Å². The Morgan fingerprint density at radius 2 is 1.64 bits per heavy atom. The minimum atomic E-state index is -0.486. The molecule has 0 radical (unpaired) electrons. The average Bonchev–Trinajstić information content (AvgIpc) is 2.98. The molecule has 25 heavy (non-hydrogen) atoms. The van der Waals surface area contributed by atoms with E-state index in [4.69, 9.17) is 0 Å². The molecule has 0 amide bonds. The van der Waals surface area contributed by atoms with Crippen LogP contribution in [0.2, 0.25) is 0 Å². The standard InChI is InChI=1S/C18H15N5O2/c1-22-14-16(23(2)18(25)21-17(14)24)20-15(22)12-8-4-3-7-11(12)13-9-5-6-10-19-13/h3-10H,1-2H3,(H,21,24,25). The smallest absolute Gasteiger partial charge is 0.321 e. The summed E-state index contributed by atoms with van der Waals surface area (Å²) in [5, 5.41) is 0. The lowest BCUT2D eigenvalue weighted by atomic mass is 10.0. The zero-order chi connectivity index (χ0) is 17.6. The highest BCUT2D eigenvalue weighted by atomic mass is 16.2. The van der Waals surface area contributed by atoms with Gasteiger partial charge in [-0.3, -0.25) is 19.3 Å². The molecule has 0 spiro atoms. The summed E-state index contributed by atoms with van der Waals surface area (Å²) in [6.07, 6.45) is 1.73. The molecular formula is C18H15N5O2. The molecule has 0 saturated carbocycles. The normalized spacial score (nSPS) is 11.1. The molecule has 4 rings (SSSR count). The number of benzene rings is 1. The molecule has 0 aliphatic carbocycles. The third-order valence-corrected chi connectivity index (χ3v) is 4.24. The van der Waals surface area contributed by atoms with Crippen LogP contribution in [0.15, 0.2) is 58.3 Å². The van der Waals surface area contributed by atoms with Gasteiger partial charge >= 0.3 is 5.69 Å². The third-order valence-electron chi connectivity index (χ3n) is 4.24. The summed E-state index contributed by atoms with van der Waals surface area (Å²) in [4.78, 5) is 35.4. The number of nitrogens with zero attached hydrogens (tertiary/aromatic N) is 4. The van der Waals surface area contributed by atoms with Crippen molar-refractivity contribution in [3.8, 4) is 22.6 Å². The Labute approximate surface area is 142 Å². The van der Waals surface area contributed by atoms with E-state index in [0.29, 0.717) is 17.0 Å². The molecule has 0 saturated heterocycles. The number of aromatic nitrogens is 5. The number of pyridine rings is 1. The maximum Gasteiger partial charge on any atom is 0.329 e. The summed E-state index contributed by atoms with van der Waals surface area (Å²) >= 11 is 0. The van der Waals surface area contributed by atoms with Crippen molar-refractivity contribution in [3.05, 3.63) is 69.5 Å². The first-order chi connectivity index (χ1) is 12.1. The topological polar surface area (TPSA) is 85.6 Å². The lowest BCUT2D eigenvalue weighted by Crippen LogP contribution is -2.29. The second kappa shape index (κ2) is 5.55. The number of H-pyrrole nitrogens is 1. The van der Waals surface area contributed by atoms with Crippen molar-refractivity contribution in [1.29, 1.82) is 0 Å². The Kier molecular flexibility index (Phi) is 3.35. The Balaban J connectivity index is 2.07. The van der Waals surface area contributed by atoms with Gasteiger partial charge in [0.1, 0.15) is 5.82 Å². The predicted molar refractivity (Wildman–Crippen MR) is 95.2 cm³/mol. The van der Waals surface area contributed by atoms with Gasteiger partial charge < -0.3 is 4.57 Å². The fourth-order valence-electron chi connectivity index (χ4n) is 2.97. The van der Waals surface area contributed by atoms with Gasteiger partial charge in [-0.25, -0.2) is 9.78 Å². The fraction of sp³-hybridized carbons (Fsp3) is 0.111. The van der Waals surface area contributed by atoms with E-state index >= 15 is 0 Å². The van der Waals surface area contributed by atoms with Crippen molar-refractivity contribution in [2.24, 2.45) is 14.1 Å². The quantitative estimate of drug-likeness (QED) is 0.605. The third kappa shape index (κ3) is 2.28. The molecule has 1 aromatic carbocycles. The van der Waals surface area contributed by atoms with Gasteiger partial charge in [-0.05, 0) is 12.1 Å². The predicted octanol–water partition coefficient (Wildman–Crippen LogP) is 1.69. The monoisotopic (exact) mass is 333 g/mol. The van der Waals surface area contributed by atoms with E-state index < -0.39 is 11.2 Å². The number of hydrogen-bond donors (Lipinski definition) is 1. The first kappa shape index (κ1) is 15.1. The molecule has 7 nitrogen and oxygen atoms in total. The number of aryl methyl sites for hydroxylation is 2. The Morgan fingerprint density at radius 3 is 2.36 bits per heavy atom. The van der Waals surface area contributed by atoms with Crippen LogP contribution in [0.1, 0.15) is 0 Å². The van der Waals surface area contributed by atoms with Gasteiger partial charge in [-0.1, -0.05) is 30.3 Å². The molecule has 7 heteroatoms. The average molecular weight is 333 g/mol. The zero-order valence-corrected chi connectivity index (χ0v) is 13.7. The van der Waals surface area contributed by atoms with E-state index in [1.54, 1.807) is 24.9 Å². The molecule has 1 N–H and O–H groups in total. The van der Waals surface area contributed by atoms with Crippen LogP contribution in [-0.4, -0.2) is 24.1 Å². The van der Waals surface area contributed by atoms with Gasteiger partial charge in [0.15, 0.2) is 11.2 Å². The first-order valence-electron chi connectivity index (χ1n) is 7.74. The van der Waals surface area contributed by atoms with Crippen LogP contribution in [-0.2, 0) is 14.1 Å². The van der Waals surface area contributed by atoms with Crippen molar-refractivity contribution < 1.29 is 0 Å². The maximum absolute atomic E-state index is 12.2. The van der Waals surface area contributed by atoms with Crippen molar-refractivity contribution in [3.63, 3.8) is 0 Å². The van der Waals surface area contributed by atoms with Crippen LogP contribution in [0, 0.1) is 0 Å². The van der Waals surface area contributed by atoms with Crippen molar-refractivity contribution >= 4 is 11.2 Å². The number of hydrogen-bond acceptors (Lipinski definition) is 4. The number of nitrogens with one attached hydrogen (secondary N) is 1. The second-order valence-corrected chi connectivity index (χ2v) is 5.75. The van der Waals surface area contributed by atoms with E-state index in [9.17, 15) is 9.59 Å². The summed E-state index contributed by atoms with van der Waals surface area (Å²) in [5.74, 6) is 0.600. The zero-order valence-electron chi connectivity index (χ0n) is 13.7. The SMILES string of the molecule is Cn1c(-c2ccccc2-c2ccccn2)nc2c1c(=O)[nH]c(=O)n2C. The molecule has 0 fully saturated rings. The van der Waals surface area contributed by atoms with Crippen LogP contribution in [0.3, 0.4) is 0 Å². The summed E-state index contributed by atoms with van der Waals surface area (Å²) in [6.45, 7) is 0. The van der Waals surface area contributed by atoms with Gasteiger partial charge in [0.25, 0.3) is 5.56 Å². The first-order valence-corrected chi connectivity index (χ1v) is 7.74. The van der Waals surface area contributed by atoms with Gasteiger partial charge in [0.2, 0.25) is 0 Å². The van der Waals surface area contributed by atoms with Crippen molar-refractivity contribution in [2.75, 3.05) is 0 Å². The lowest BCUT2D eigenvalue weighted by Gasteiger charge is -2.08. The molecule has 0 aliphatic heterocycles. The molecular weight excluding hydrogens is 318 g/mol. The van der Waals surface area contributed by atoms with Crippen LogP contribution in [0.5, 0.6) is 0 Å². The minimum Gasteiger partial charge on any atom is -0.321 e. The van der Waals surface area contributed by atoms with Crippen LogP contribution in [0.25, 0.3) is 33.8 Å². The highest BCUT2D eigenvalue weighted by Crippen LogP contribution is 2.30. The highest BCUT2D eigenvalue weighted by Gasteiger charge is 2.18. The van der Waals surface area contributed by atoms with Crippen molar-refractivity contribution in [2.45, 2.75) is 0 Å². The number of fused-ring (bicyclic) bond motifs is 1. The highest BCUT2D eigenvalue weighted by molar-refractivity contribution is 5.84. The van der Waals surface area contributed by atoms with Crippen LogP contribution >= 0.6 is 0 Å². The Bertz CT molecular complexity index is 1200. The molecule has 3 heterocycles. The van der Waals surface area contributed by atoms with Crippen molar-refractivity contribution in [1.82, 2.24) is 24.1 Å². The summed E-state index contributed by atoms with van der Waals surface area (Å²) < 4.78 is 3.04. The summed E-state index contributed by atoms with van der Waals surface area (Å²) in [7, 11) is 3.35. The lowest BCUT2D eigenvalue weighted by molar-refractivity contribution is 0.829. The van der Waals surface area contributed by atoms with Gasteiger partial charge in [-0.15, -0.1) is 0 Å². The molecule has 3 aromatic heterocycles. The van der Waals surface area contributed by atoms with E-state index in [-0.39, 0.29) is 0 Å². The molecule has 0 bridgehead atoms. The van der Waals surface area contributed by atoms with Gasteiger partial charge in [-0.2, -0.15) is 0 Å². The maximum atomic E-state index is 12.2. The largest absolute Gasteiger partial charge is 0.329 e. The number of aromatic amines is 1. The van der Waals surface area contributed by atoms with E-state index in [0.717, 1.165) is 16.8 Å². The molecule has 0 unspecified atom stereocenters. The van der Waals surface area contributed by atoms with E-state index in [1.165, 1.54) is 4.57 Å². The Hall–Kier alpha value is -3.48. The van der Waals surface area contributed by atoms with E-state index in [2.05, 4.69) is 15.0 Å². The summed E-state index contributed by atoms with van der Waals surface area (Å²) in [5.41, 5.74) is 2.33. The molecule has 0 aliphatic rings. The fourth-order valence-corrected chi connectivity index (χ4v) is 2.97. The van der Waals surface area contributed by atoms with Gasteiger partial charge in [0.05, 0.1) is 5.69 Å². The number of imidazole rings is 1. The second-order valence-electron chi connectivity index (χ2n) is 5.75. The Morgan fingerprint density at radius 1 is 0.920 bits per heavy atom. The summed E-state index contributed by atoms with van der Waals surface area (Å²) in [6, 6.07) is 13.4. The molecule has 0 atom stereocenters.